The molecule has 1 aromatic carbocycles. The van der Waals surface area contributed by atoms with Gasteiger partial charge in [-0.25, -0.2) is 4.79 Å². The second kappa shape index (κ2) is 6.33. The molecule has 1 fully saturated rings. The van der Waals surface area contributed by atoms with Crippen LogP contribution in [0.15, 0.2) is 18.2 Å². The summed E-state index contributed by atoms with van der Waals surface area (Å²) in [7, 11) is 3.83. The first-order chi connectivity index (χ1) is 9.51. The van der Waals surface area contributed by atoms with Gasteiger partial charge in [-0.15, -0.1) is 0 Å². The monoisotopic (exact) mass is 297 g/mol. The van der Waals surface area contributed by atoms with Crippen molar-refractivity contribution in [3.8, 4) is 0 Å². The zero-order valence-corrected chi connectivity index (χ0v) is 12.5. The molecule has 1 saturated heterocycles. The molecule has 0 aliphatic carbocycles. The predicted octanol–water partition coefficient (Wildman–Crippen LogP) is 2.25. The number of carbonyl (C=O) groups is 1. The van der Waals surface area contributed by atoms with Crippen LogP contribution in [0.5, 0.6) is 0 Å². The first-order valence-corrected chi connectivity index (χ1v) is 7.02. The number of hydrogen-bond donors (Lipinski definition) is 2. The molecule has 110 valence electrons. The zero-order chi connectivity index (χ0) is 14.7. The second-order valence-electron chi connectivity index (χ2n) is 5.27. The van der Waals surface area contributed by atoms with Gasteiger partial charge in [-0.1, -0.05) is 11.6 Å². The molecule has 1 atom stereocenters. The Hall–Kier alpha value is -1.46. The maximum atomic E-state index is 12.2. The van der Waals surface area contributed by atoms with Crippen LogP contribution in [0, 0.1) is 5.92 Å². The smallest absolute Gasteiger partial charge is 0.321 e. The minimum Gasteiger partial charge on any atom is -0.396 e. The summed E-state index contributed by atoms with van der Waals surface area (Å²) >= 11 is 5.99. The van der Waals surface area contributed by atoms with Crippen molar-refractivity contribution in [2.45, 2.75) is 6.42 Å². The highest BCUT2D eigenvalue weighted by atomic mass is 35.5. The molecule has 0 saturated carbocycles. The molecule has 0 bridgehead atoms. The van der Waals surface area contributed by atoms with Crippen molar-refractivity contribution < 1.29 is 9.90 Å². The van der Waals surface area contributed by atoms with Gasteiger partial charge in [0.2, 0.25) is 0 Å². The molecule has 1 aliphatic rings. The molecule has 1 unspecified atom stereocenters. The fourth-order valence-electron chi connectivity index (χ4n) is 2.36. The Bertz CT molecular complexity index is 493. The molecule has 0 spiro atoms. The number of rotatable bonds is 3. The van der Waals surface area contributed by atoms with Crippen LogP contribution >= 0.6 is 11.6 Å². The summed E-state index contributed by atoms with van der Waals surface area (Å²) in [5.41, 5.74) is 1.60. The standard InChI is InChI=1S/C14H20ClN3O2/c1-17(2)13-4-3-11(15)7-12(13)16-14(20)18-6-5-10(8-18)9-19/h3-4,7,10,19H,5-6,8-9H2,1-2H3,(H,16,20). The van der Waals surface area contributed by atoms with Gasteiger partial charge in [0.15, 0.2) is 0 Å². The SMILES string of the molecule is CN(C)c1ccc(Cl)cc1NC(=O)N1CCC(CO)C1. The molecule has 1 heterocycles. The molecule has 2 N–H and O–H groups in total. The summed E-state index contributed by atoms with van der Waals surface area (Å²) in [4.78, 5) is 15.9. The highest BCUT2D eigenvalue weighted by molar-refractivity contribution is 6.31. The Morgan fingerprint density at radius 2 is 2.30 bits per heavy atom. The summed E-state index contributed by atoms with van der Waals surface area (Å²) in [6, 6.07) is 5.27. The van der Waals surface area contributed by atoms with Crippen LogP contribution in [-0.4, -0.2) is 49.8 Å². The molecule has 5 nitrogen and oxygen atoms in total. The number of hydrogen-bond acceptors (Lipinski definition) is 3. The number of likely N-dealkylation sites (tertiary alicyclic amines) is 1. The van der Waals surface area contributed by atoms with Crippen LogP contribution in [0.3, 0.4) is 0 Å². The van der Waals surface area contributed by atoms with Gasteiger partial charge < -0.3 is 20.2 Å². The second-order valence-corrected chi connectivity index (χ2v) is 5.71. The number of benzene rings is 1. The summed E-state index contributed by atoms with van der Waals surface area (Å²) < 4.78 is 0. The minimum atomic E-state index is -0.147. The largest absolute Gasteiger partial charge is 0.396 e. The number of amides is 2. The normalized spacial score (nSPS) is 18.2. The first-order valence-electron chi connectivity index (χ1n) is 6.65. The maximum Gasteiger partial charge on any atom is 0.321 e. The summed E-state index contributed by atoms with van der Waals surface area (Å²) in [5, 5.41) is 12.6. The first kappa shape index (κ1) is 14.9. The van der Waals surface area contributed by atoms with Gasteiger partial charge in [0.1, 0.15) is 0 Å². The highest BCUT2D eigenvalue weighted by Gasteiger charge is 2.26. The Balaban J connectivity index is 2.09. The van der Waals surface area contributed by atoms with Gasteiger partial charge in [0, 0.05) is 44.7 Å². The van der Waals surface area contributed by atoms with E-state index < -0.39 is 0 Å². The summed E-state index contributed by atoms with van der Waals surface area (Å²) in [6.45, 7) is 1.40. The number of anilines is 2. The third-order valence-electron chi connectivity index (χ3n) is 3.51. The van der Waals surface area contributed by atoms with Gasteiger partial charge in [-0.2, -0.15) is 0 Å². The number of aliphatic hydroxyl groups excluding tert-OH is 1. The topological polar surface area (TPSA) is 55.8 Å². The van der Waals surface area contributed by atoms with E-state index in [9.17, 15) is 4.79 Å². The van der Waals surface area contributed by atoms with E-state index in [2.05, 4.69) is 5.32 Å². The molecular formula is C14H20ClN3O2. The zero-order valence-electron chi connectivity index (χ0n) is 11.8. The molecule has 1 aliphatic heterocycles. The Morgan fingerprint density at radius 3 is 2.90 bits per heavy atom. The van der Waals surface area contributed by atoms with Crippen molar-refractivity contribution in [3.63, 3.8) is 0 Å². The fourth-order valence-corrected chi connectivity index (χ4v) is 2.53. The minimum absolute atomic E-state index is 0.129. The molecule has 6 heteroatoms. The van der Waals surface area contributed by atoms with Crippen molar-refractivity contribution in [1.82, 2.24) is 4.90 Å². The molecule has 1 aromatic rings. The molecule has 0 aromatic heterocycles. The number of aliphatic hydroxyl groups is 1. The summed E-state index contributed by atoms with van der Waals surface area (Å²) in [5.74, 6) is 0.188. The number of nitrogens with one attached hydrogen (secondary N) is 1. The van der Waals surface area contributed by atoms with Crippen LogP contribution in [0.2, 0.25) is 5.02 Å². The molecular weight excluding hydrogens is 278 g/mol. The number of nitrogens with zero attached hydrogens (tertiary/aromatic N) is 2. The van der Waals surface area contributed by atoms with Crippen LogP contribution < -0.4 is 10.2 Å². The van der Waals surface area contributed by atoms with Crippen LogP contribution in [-0.2, 0) is 0 Å². The lowest BCUT2D eigenvalue weighted by Crippen LogP contribution is -2.33. The Labute approximate surface area is 124 Å². The fraction of sp³-hybridized carbons (Fsp3) is 0.500. The van der Waals surface area contributed by atoms with E-state index in [1.54, 1.807) is 17.0 Å². The van der Waals surface area contributed by atoms with Gasteiger partial charge in [0.05, 0.1) is 11.4 Å². The van der Waals surface area contributed by atoms with Gasteiger partial charge >= 0.3 is 6.03 Å². The van der Waals surface area contributed by atoms with Crippen molar-refractivity contribution in [1.29, 1.82) is 0 Å². The molecule has 20 heavy (non-hydrogen) atoms. The lowest BCUT2D eigenvalue weighted by Gasteiger charge is -2.21. The van der Waals surface area contributed by atoms with Crippen molar-refractivity contribution in [3.05, 3.63) is 23.2 Å². The van der Waals surface area contributed by atoms with Crippen molar-refractivity contribution >= 4 is 29.0 Å². The lowest BCUT2D eigenvalue weighted by atomic mass is 10.1. The van der Waals surface area contributed by atoms with E-state index in [0.29, 0.717) is 23.8 Å². The van der Waals surface area contributed by atoms with Crippen LogP contribution in [0.1, 0.15) is 6.42 Å². The van der Waals surface area contributed by atoms with Crippen molar-refractivity contribution in [2.75, 3.05) is 44.0 Å². The van der Waals surface area contributed by atoms with E-state index in [1.807, 2.05) is 25.1 Å². The highest BCUT2D eigenvalue weighted by Crippen LogP contribution is 2.28. The number of urea groups is 1. The van der Waals surface area contributed by atoms with Crippen molar-refractivity contribution in [2.24, 2.45) is 5.92 Å². The Kier molecular flexibility index (Phi) is 4.73. The maximum absolute atomic E-state index is 12.2. The average molecular weight is 298 g/mol. The van der Waals surface area contributed by atoms with Crippen LogP contribution in [0.4, 0.5) is 16.2 Å². The average Bonchev–Trinajstić information content (AvgIpc) is 2.87. The summed E-state index contributed by atoms with van der Waals surface area (Å²) in [6.07, 6.45) is 0.847. The van der Waals surface area contributed by atoms with Crippen LogP contribution in [0.25, 0.3) is 0 Å². The molecule has 2 rings (SSSR count). The van der Waals surface area contributed by atoms with E-state index in [4.69, 9.17) is 16.7 Å². The number of halogens is 1. The molecule has 2 amide bonds. The Morgan fingerprint density at radius 1 is 1.55 bits per heavy atom. The van der Waals surface area contributed by atoms with E-state index in [-0.39, 0.29) is 18.6 Å². The van der Waals surface area contributed by atoms with E-state index in [1.165, 1.54) is 0 Å². The predicted molar refractivity (Wildman–Crippen MR) is 81.6 cm³/mol. The van der Waals surface area contributed by atoms with E-state index >= 15 is 0 Å². The lowest BCUT2D eigenvalue weighted by molar-refractivity contribution is 0.209. The third-order valence-corrected chi connectivity index (χ3v) is 3.75. The van der Waals surface area contributed by atoms with Gasteiger partial charge in [0.25, 0.3) is 0 Å². The number of carbonyl (C=O) groups excluding carboxylic acids is 1. The third kappa shape index (κ3) is 3.35. The van der Waals surface area contributed by atoms with Gasteiger partial charge in [-0.3, -0.25) is 0 Å². The van der Waals surface area contributed by atoms with Gasteiger partial charge in [-0.05, 0) is 24.6 Å². The molecule has 0 radical (unpaired) electrons. The van der Waals surface area contributed by atoms with E-state index in [0.717, 1.165) is 12.1 Å². The quantitative estimate of drug-likeness (QED) is 0.900.